The minimum Gasteiger partial charge on any atom is -0.320 e. The Labute approximate surface area is 189 Å². The quantitative estimate of drug-likeness (QED) is 0.303. The highest BCUT2D eigenvalue weighted by Crippen LogP contribution is 2.64. The molecular weight excluding hydrogens is 613 g/mol. The van der Waals surface area contributed by atoms with Crippen molar-refractivity contribution in [1.29, 1.82) is 0 Å². The zero-order valence-electron chi connectivity index (χ0n) is 15.5. The van der Waals surface area contributed by atoms with Crippen LogP contribution in [0.15, 0.2) is 28.7 Å². The number of carbonyl (C=O) groups is 1. The van der Waals surface area contributed by atoms with Crippen molar-refractivity contribution in [3.05, 3.63) is 28.7 Å². The molecule has 0 saturated heterocycles. The molecule has 0 fully saturated rings. The normalized spacial score (nSPS) is 15.3. The molecule has 20 heteroatoms. The summed E-state index contributed by atoms with van der Waals surface area (Å²) < 4.78 is 223. The van der Waals surface area contributed by atoms with Crippen LogP contribution >= 0.6 is 15.9 Å². The predicted octanol–water partition coefficient (Wildman–Crippen LogP) is 7.40. The number of hydrogen-bond acceptors (Lipinski definition) is 1. The van der Waals surface area contributed by atoms with Gasteiger partial charge in [0, 0.05) is 4.47 Å². The van der Waals surface area contributed by atoms with E-state index in [0.717, 1.165) is 23.5 Å². The van der Waals surface area contributed by atoms with Crippen LogP contribution in [0.5, 0.6) is 0 Å². The Bertz CT molecular complexity index is 955. The topological polar surface area (TPSA) is 29.1 Å². The molecule has 0 aliphatic carbocycles. The third kappa shape index (κ3) is 4.28. The van der Waals surface area contributed by atoms with Gasteiger partial charge in [0.1, 0.15) is 0 Å². The fraction of sp³-hybridized carbons (Fsp3) is 0.533. The van der Waals surface area contributed by atoms with Gasteiger partial charge in [0.15, 0.2) is 0 Å². The summed E-state index contributed by atoms with van der Waals surface area (Å²) in [5.74, 6) is -61.7. The molecule has 1 aromatic carbocycles. The molecule has 0 spiro atoms. The summed E-state index contributed by atoms with van der Waals surface area (Å²) in [5.41, 5.74) is -0.926. The van der Waals surface area contributed by atoms with Crippen LogP contribution in [0.25, 0.3) is 0 Å². The molecule has 202 valence electrons. The molecule has 0 heterocycles. The van der Waals surface area contributed by atoms with Gasteiger partial charge in [0.2, 0.25) is 0 Å². The van der Waals surface area contributed by atoms with Gasteiger partial charge in [0.25, 0.3) is 0 Å². The van der Waals surface area contributed by atoms with Crippen molar-refractivity contribution in [2.75, 3.05) is 5.32 Å². The van der Waals surface area contributed by atoms with E-state index in [2.05, 4.69) is 15.9 Å². The number of carbonyl (C=O) groups excluding carboxylic acids is 1. The Hall–Kier alpha value is -2.02. The van der Waals surface area contributed by atoms with E-state index < -0.39 is 63.7 Å². The monoisotopic (exact) mass is 617 g/mol. The second-order valence-electron chi connectivity index (χ2n) is 6.45. The smallest absolute Gasteiger partial charge is 0.320 e. The average molecular weight is 618 g/mol. The fourth-order valence-corrected chi connectivity index (χ4v) is 2.45. The second-order valence-corrected chi connectivity index (χ2v) is 7.31. The summed E-state index contributed by atoms with van der Waals surface area (Å²) >= 11 is 2.53. The minimum absolute atomic E-state index is 0.426. The first-order valence-electron chi connectivity index (χ1n) is 7.93. The third-order valence-electron chi connectivity index (χ3n) is 4.13. The number of anilines is 1. The van der Waals surface area contributed by atoms with E-state index in [1.54, 1.807) is 0 Å². The highest BCUT2D eigenvalue weighted by Gasteiger charge is 2.95. The zero-order chi connectivity index (χ0) is 28.3. The summed E-state index contributed by atoms with van der Waals surface area (Å²) in [4.78, 5) is 11.4. The third-order valence-corrected chi connectivity index (χ3v) is 4.82. The maximum absolute atomic E-state index is 13.8. The molecule has 0 aliphatic rings. The molecule has 0 atom stereocenters. The number of hydrogen-bond donors (Lipinski definition) is 1. The summed E-state index contributed by atoms with van der Waals surface area (Å²) in [6.07, 6.45) is -7.83. The van der Waals surface area contributed by atoms with Crippen molar-refractivity contribution in [2.24, 2.45) is 0 Å². The lowest BCUT2D eigenvalue weighted by molar-refractivity contribution is -0.459. The average Bonchev–Trinajstić information content (AvgIpc) is 2.67. The summed E-state index contributed by atoms with van der Waals surface area (Å²) in [6.45, 7) is 0. The molecule has 0 radical (unpaired) electrons. The number of para-hydroxylation sites is 1. The molecule has 0 aliphatic heterocycles. The second kappa shape index (κ2) is 8.53. The summed E-state index contributed by atoms with van der Waals surface area (Å²) in [6, 6.07) is 3.55. The van der Waals surface area contributed by atoms with Crippen molar-refractivity contribution in [1.82, 2.24) is 0 Å². The maximum atomic E-state index is 13.8. The van der Waals surface area contributed by atoms with Crippen LogP contribution in [0.3, 0.4) is 0 Å². The van der Waals surface area contributed by atoms with E-state index >= 15 is 0 Å². The van der Waals surface area contributed by atoms with Crippen molar-refractivity contribution in [2.45, 2.75) is 47.6 Å². The number of benzene rings is 1. The number of nitrogens with one attached hydrogen (secondary N) is 1. The van der Waals surface area contributed by atoms with Gasteiger partial charge >= 0.3 is 53.5 Å². The largest absolute Gasteiger partial charge is 0.460 e. The Balaban J connectivity index is 3.60. The maximum Gasteiger partial charge on any atom is 0.460 e. The van der Waals surface area contributed by atoms with Gasteiger partial charge in [-0.2, -0.15) is 74.6 Å². The molecule has 1 aromatic rings. The van der Waals surface area contributed by atoms with Crippen LogP contribution in [0.2, 0.25) is 0 Å². The Kier molecular flexibility index (Phi) is 7.56. The first kappa shape index (κ1) is 31.0. The van der Waals surface area contributed by atoms with Crippen molar-refractivity contribution < 1.29 is 79.4 Å². The first-order chi connectivity index (χ1) is 15.2. The van der Waals surface area contributed by atoms with Crippen LogP contribution < -0.4 is 5.32 Å². The predicted molar refractivity (Wildman–Crippen MR) is 83.5 cm³/mol. The van der Waals surface area contributed by atoms with Crippen molar-refractivity contribution in [3.63, 3.8) is 0 Å². The number of rotatable bonds is 8. The van der Waals surface area contributed by atoms with Crippen LogP contribution in [-0.2, 0) is 4.79 Å². The van der Waals surface area contributed by atoms with Gasteiger partial charge in [-0.3, -0.25) is 4.79 Å². The molecule has 2 nitrogen and oxygen atoms in total. The number of amides is 1. The van der Waals surface area contributed by atoms with E-state index in [-0.39, 0.29) is 0 Å². The molecule has 1 rings (SSSR count). The highest BCUT2D eigenvalue weighted by atomic mass is 79.9. The molecule has 35 heavy (non-hydrogen) atoms. The van der Waals surface area contributed by atoms with Gasteiger partial charge in [-0.25, -0.2) is 0 Å². The summed E-state index contributed by atoms with van der Waals surface area (Å²) in [7, 11) is 0. The fourth-order valence-electron chi connectivity index (χ4n) is 2.07. The van der Waals surface area contributed by atoms with Gasteiger partial charge in [0.05, 0.1) is 5.69 Å². The number of alkyl halides is 17. The lowest BCUT2D eigenvalue weighted by Gasteiger charge is -2.42. The SMILES string of the molecule is O=C(Nc1ccccc1Br)C(F)(F)C(F)(F)C(F)(F)C(F)(F)C(F)(F)C(F)(F)C(F)(F)C(F)(F)F. The number of halogens is 18. The Morgan fingerprint density at radius 2 is 0.914 bits per heavy atom. The van der Waals surface area contributed by atoms with Gasteiger partial charge < -0.3 is 5.32 Å². The van der Waals surface area contributed by atoms with Crippen LogP contribution in [0, 0.1) is 0 Å². The standard InChI is InChI=1S/C15H5BrF17NO/c16-5-3-1-2-4-6(5)34-7(35)8(17,18)9(19,20)10(21,22)11(23,24)12(25,26)13(27,28)14(29,30)15(31,32)33/h1-4H,(H,34,35). The summed E-state index contributed by atoms with van der Waals surface area (Å²) in [5, 5.41) is 0.795. The molecule has 0 unspecified atom stereocenters. The molecule has 0 aromatic heterocycles. The molecule has 0 bridgehead atoms. The molecule has 0 saturated carbocycles. The first-order valence-corrected chi connectivity index (χ1v) is 8.73. The highest BCUT2D eigenvalue weighted by molar-refractivity contribution is 9.10. The van der Waals surface area contributed by atoms with E-state index in [1.165, 1.54) is 0 Å². The van der Waals surface area contributed by atoms with Crippen molar-refractivity contribution in [3.8, 4) is 0 Å². The van der Waals surface area contributed by atoms with Crippen LogP contribution in [0.1, 0.15) is 0 Å². The van der Waals surface area contributed by atoms with E-state index in [4.69, 9.17) is 0 Å². The van der Waals surface area contributed by atoms with E-state index in [1.807, 2.05) is 0 Å². The lowest BCUT2D eigenvalue weighted by Crippen LogP contribution is -2.75. The molecule has 1 N–H and O–H groups in total. The van der Waals surface area contributed by atoms with Gasteiger partial charge in [-0.05, 0) is 28.1 Å². The van der Waals surface area contributed by atoms with Crippen molar-refractivity contribution >= 4 is 27.5 Å². The lowest BCUT2D eigenvalue weighted by atomic mass is 9.89. The van der Waals surface area contributed by atoms with Crippen LogP contribution in [0.4, 0.5) is 80.3 Å². The zero-order valence-corrected chi connectivity index (χ0v) is 17.1. The van der Waals surface area contributed by atoms with Crippen LogP contribution in [-0.4, -0.2) is 53.5 Å². The van der Waals surface area contributed by atoms with E-state index in [9.17, 15) is 79.4 Å². The molecular formula is C15H5BrF17NO. The van der Waals surface area contributed by atoms with E-state index in [0.29, 0.717) is 6.07 Å². The Morgan fingerprint density at radius 1 is 0.571 bits per heavy atom. The Morgan fingerprint density at radius 3 is 1.29 bits per heavy atom. The minimum atomic E-state index is -8.75. The van der Waals surface area contributed by atoms with Gasteiger partial charge in [-0.1, -0.05) is 12.1 Å². The molecule has 1 amide bonds. The van der Waals surface area contributed by atoms with Gasteiger partial charge in [-0.15, -0.1) is 0 Å².